The quantitative estimate of drug-likeness (QED) is 0.896. The first-order valence-corrected chi connectivity index (χ1v) is 6.01. The lowest BCUT2D eigenvalue weighted by atomic mass is 10.1. The van der Waals surface area contributed by atoms with Crippen LogP contribution in [0.5, 0.6) is 11.5 Å². The van der Waals surface area contributed by atoms with Gasteiger partial charge in [-0.3, -0.25) is 0 Å². The normalized spacial score (nSPS) is 12.2. The summed E-state index contributed by atoms with van der Waals surface area (Å²) < 4.78 is 31.4. The van der Waals surface area contributed by atoms with Gasteiger partial charge in [0.05, 0.1) is 6.10 Å². The number of aliphatic hydroxyl groups is 1. The van der Waals surface area contributed by atoms with Crippen LogP contribution < -0.4 is 4.74 Å². The molecule has 1 N–H and O–H groups in total. The molecule has 2 nitrogen and oxygen atoms in total. The van der Waals surface area contributed by atoms with Gasteiger partial charge < -0.3 is 9.84 Å². The van der Waals surface area contributed by atoms with Crippen LogP contribution in [0, 0.1) is 11.6 Å². The summed E-state index contributed by atoms with van der Waals surface area (Å²) in [6.07, 6.45) is 0.101. The lowest BCUT2D eigenvalue weighted by Crippen LogP contribution is -1.95. The van der Waals surface area contributed by atoms with E-state index in [1.807, 2.05) is 6.92 Å². The molecule has 0 saturated carbocycles. The number of hydrogen-bond donors (Lipinski definition) is 1. The van der Waals surface area contributed by atoms with Crippen molar-refractivity contribution in [3.05, 3.63) is 59.7 Å². The highest BCUT2D eigenvalue weighted by Crippen LogP contribution is 2.26. The van der Waals surface area contributed by atoms with Gasteiger partial charge in [-0.15, -0.1) is 0 Å². The zero-order chi connectivity index (χ0) is 13.8. The molecule has 4 heteroatoms. The van der Waals surface area contributed by atoms with E-state index in [9.17, 15) is 13.9 Å². The van der Waals surface area contributed by atoms with E-state index in [4.69, 9.17) is 4.74 Å². The molecule has 0 aliphatic rings. The first-order chi connectivity index (χ1) is 9.10. The second-order valence-electron chi connectivity index (χ2n) is 4.17. The summed E-state index contributed by atoms with van der Waals surface area (Å²) in [5, 5.41) is 9.64. The van der Waals surface area contributed by atoms with Gasteiger partial charge in [-0.2, -0.15) is 0 Å². The van der Waals surface area contributed by atoms with Crippen molar-refractivity contribution in [2.75, 3.05) is 0 Å². The molecule has 0 amide bonds. The monoisotopic (exact) mass is 264 g/mol. The lowest BCUT2D eigenvalue weighted by molar-refractivity contribution is 0.173. The Morgan fingerprint density at radius 2 is 1.79 bits per heavy atom. The molecule has 0 aliphatic heterocycles. The van der Waals surface area contributed by atoms with Gasteiger partial charge in [-0.05, 0) is 36.2 Å². The smallest absolute Gasteiger partial charge is 0.168 e. The number of ether oxygens (including phenoxy) is 1. The largest absolute Gasteiger partial charge is 0.454 e. The van der Waals surface area contributed by atoms with Crippen LogP contribution in [0.1, 0.15) is 25.0 Å². The Balaban J connectivity index is 2.15. The molecular weight excluding hydrogens is 250 g/mol. The van der Waals surface area contributed by atoms with Crippen LogP contribution in [-0.4, -0.2) is 5.11 Å². The van der Waals surface area contributed by atoms with Crippen molar-refractivity contribution >= 4 is 0 Å². The Bertz CT molecular complexity index is 553. The maximum absolute atomic E-state index is 13.4. The van der Waals surface area contributed by atoms with E-state index >= 15 is 0 Å². The highest BCUT2D eigenvalue weighted by Gasteiger charge is 2.08. The van der Waals surface area contributed by atoms with Crippen LogP contribution in [-0.2, 0) is 0 Å². The van der Waals surface area contributed by atoms with Gasteiger partial charge in [0.25, 0.3) is 0 Å². The molecule has 0 heterocycles. The minimum atomic E-state index is -0.752. The van der Waals surface area contributed by atoms with Crippen molar-refractivity contribution in [1.29, 1.82) is 0 Å². The fourth-order valence-electron chi connectivity index (χ4n) is 1.68. The summed E-state index contributed by atoms with van der Waals surface area (Å²) in [5.41, 5.74) is 0.773. The molecule has 0 unspecified atom stereocenters. The Morgan fingerprint density at radius 1 is 1.11 bits per heavy atom. The van der Waals surface area contributed by atoms with Crippen molar-refractivity contribution in [3.63, 3.8) is 0 Å². The number of hydrogen-bond acceptors (Lipinski definition) is 2. The molecule has 2 rings (SSSR count). The summed E-state index contributed by atoms with van der Waals surface area (Å²) >= 11 is 0. The van der Waals surface area contributed by atoms with Crippen molar-refractivity contribution in [2.45, 2.75) is 19.4 Å². The second-order valence-corrected chi connectivity index (χ2v) is 4.17. The SMILES string of the molecule is CC[C@H](O)c1ccc(Oc2ccc(F)cc2F)cc1. The predicted octanol–water partition coefficient (Wildman–Crippen LogP) is 4.20. The molecule has 0 bridgehead atoms. The fourth-order valence-corrected chi connectivity index (χ4v) is 1.68. The van der Waals surface area contributed by atoms with E-state index < -0.39 is 17.7 Å². The van der Waals surface area contributed by atoms with E-state index in [-0.39, 0.29) is 5.75 Å². The third-order valence-electron chi connectivity index (χ3n) is 2.77. The number of aliphatic hydroxyl groups excluding tert-OH is 1. The van der Waals surface area contributed by atoms with Gasteiger partial charge in [-0.25, -0.2) is 8.78 Å². The first kappa shape index (κ1) is 13.5. The average Bonchev–Trinajstić information content (AvgIpc) is 2.42. The maximum atomic E-state index is 13.4. The van der Waals surface area contributed by atoms with Crippen molar-refractivity contribution in [3.8, 4) is 11.5 Å². The molecule has 0 aromatic heterocycles. The van der Waals surface area contributed by atoms with E-state index in [1.54, 1.807) is 24.3 Å². The Morgan fingerprint density at radius 3 is 2.37 bits per heavy atom. The third kappa shape index (κ3) is 3.29. The molecule has 19 heavy (non-hydrogen) atoms. The highest BCUT2D eigenvalue weighted by atomic mass is 19.1. The molecule has 0 radical (unpaired) electrons. The zero-order valence-corrected chi connectivity index (χ0v) is 10.4. The average molecular weight is 264 g/mol. The van der Waals surface area contributed by atoms with E-state index in [2.05, 4.69) is 0 Å². The van der Waals surface area contributed by atoms with E-state index in [1.165, 1.54) is 6.07 Å². The van der Waals surface area contributed by atoms with Gasteiger partial charge in [-0.1, -0.05) is 19.1 Å². The first-order valence-electron chi connectivity index (χ1n) is 6.01. The molecule has 2 aromatic carbocycles. The fraction of sp³-hybridized carbons (Fsp3) is 0.200. The maximum Gasteiger partial charge on any atom is 0.168 e. The lowest BCUT2D eigenvalue weighted by Gasteiger charge is -2.10. The van der Waals surface area contributed by atoms with Crippen LogP contribution in [0.4, 0.5) is 8.78 Å². The molecule has 0 saturated heterocycles. The van der Waals surface area contributed by atoms with Crippen molar-refractivity contribution in [2.24, 2.45) is 0 Å². The van der Waals surface area contributed by atoms with Gasteiger partial charge >= 0.3 is 0 Å². The number of halogens is 2. The molecule has 2 aromatic rings. The van der Waals surface area contributed by atoms with E-state index in [0.29, 0.717) is 12.2 Å². The van der Waals surface area contributed by atoms with Gasteiger partial charge in [0, 0.05) is 6.07 Å². The minimum absolute atomic E-state index is 0.0369. The van der Waals surface area contributed by atoms with Crippen LogP contribution in [0.25, 0.3) is 0 Å². The molecular formula is C15H14F2O2. The van der Waals surface area contributed by atoms with Crippen LogP contribution >= 0.6 is 0 Å². The van der Waals surface area contributed by atoms with Crippen LogP contribution in [0.2, 0.25) is 0 Å². The standard InChI is InChI=1S/C15H14F2O2/c1-2-14(18)10-3-6-12(7-4-10)19-15-8-5-11(16)9-13(15)17/h3-9,14,18H,2H2,1H3/t14-/m0/s1. The molecule has 100 valence electrons. The summed E-state index contributed by atoms with van der Waals surface area (Å²) in [6, 6.07) is 9.83. The second kappa shape index (κ2) is 5.80. The van der Waals surface area contributed by atoms with E-state index in [0.717, 1.165) is 17.7 Å². The van der Waals surface area contributed by atoms with Gasteiger partial charge in [0.15, 0.2) is 11.6 Å². The van der Waals surface area contributed by atoms with Crippen molar-refractivity contribution in [1.82, 2.24) is 0 Å². The molecule has 0 aliphatic carbocycles. The van der Waals surface area contributed by atoms with Crippen LogP contribution in [0.3, 0.4) is 0 Å². The van der Waals surface area contributed by atoms with Crippen molar-refractivity contribution < 1.29 is 18.6 Å². The summed E-state index contributed by atoms with van der Waals surface area (Å²) in [5.74, 6) is -1.01. The molecule has 0 fully saturated rings. The van der Waals surface area contributed by atoms with Crippen LogP contribution in [0.15, 0.2) is 42.5 Å². The number of rotatable bonds is 4. The number of benzene rings is 2. The Hall–Kier alpha value is -1.94. The zero-order valence-electron chi connectivity index (χ0n) is 10.4. The minimum Gasteiger partial charge on any atom is -0.454 e. The summed E-state index contributed by atoms with van der Waals surface area (Å²) in [6.45, 7) is 1.88. The summed E-state index contributed by atoms with van der Waals surface area (Å²) in [4.78, 5) is 0. The molecule has 1 atom stereocenters. The topological polar surface area (TPSA) is 29.5 Å². The van der Waals surface area contributed by atoms with Gasteiger partial charge in [0.2, 0.25) is 0 Å². The summed E-state index contributed by atoms with van der Waals surface area (Å²) in [7, 11) is 0. The Kier molecular flexibility index (Phi) is 4.12. The van der Waals surface area contributed by atoms with Gasteiger partial charge in [0.1, 0.15) is 11.6 Å². The Labute approximate surface area is 110 Å². The highest BCUT2D eigenvalue weighted by molar-refractivity contribution is 5.34. The molecule has 0 spiro atoms. The predicted molar refractivity (Wildman–Crippen MR) is 68.1 cm³/mol. The third-order valence-corrected chi connectivity index (χ3v) is 2.77.